The first-order valence-electron chi connectivity index (χ1n) is 7.19. The minimum absolute atomic E-state index is 0.0673. The van der Waals surface area contributed by atoms with Crippen LogP contribution in [0.15, 0.2) is 0 Å². The summed E-state index contributed by atoms with van der Waals surface area (Å²) >= 11 is 0. The average Bonchev–Trinajstić information content (AvgIpc) is 2.37. The van der Waals surface area contributed by atoms with Crippen LogP contribution in [0.5, 0.6) is 0 Å². The van der Waals surface area contributed by atoms with E-state index in [1.165, 1.54) is 0 Å². The normalized spacial score (nSPS) is 24.7. The predicted octanol–water partition coefficient (Wildman–Crippen LogP) is 1.53. The van der Waals surface area contributed by atoms with E-state index in [4.69, 9.17) is 5.11 Å². The van der Waals surface area contributed by atoms with Crippen molar-refractivity contribution in [3.63, 3.8) is 0 Å². The molecule has 1 fully saturated rings. The number of carboxylic acid groups (broad SMARTS) is 1. The van der Waals surface area contributed by atoms with Gasteiger partial charge >= 0.3 is 5.97 Å². The van der Waals surface area contributed by atoms with Gasteiger partial charge in [-0.2, -0.15) is 0 Å². The second-order valence-corrected chi connectivity index (χ2v) is 5.80. The lowest BCUT2D eigenvalue weighted by Gasteiger charge is -2.33. The van der Waals surface area contributed by atoms with E-state index in [-0.39, 0.29) is 12.3 Å². The Morgan fingerprint density at radius 3 is 2.68 bits per heavy atom. The van der Waals surface area contributed by atoms with Crippen LogP contribution in [0.25, 0.3) is 0 Å². The van der Waals surface area contributed by atoms with Crippen molar-refractivity contribution >= 4 is 11.9 Å². The number of carbonyl (C=O) groups is 2. The zero-order chi connectivity index (χ0) is 14.3. The topological polar surface area (TPSA) is 78.4 Å². The lowest BCUT2D eigenvalue weighted by atomic mass is 9.90. The maximum atomic E-state index is 12.1. The van der Waals surface area contributed by atoms with E-state index >= 15 is 0 Å². The van der Waals surface area contributed by atoms with Gasteiger partial charge in [-0.25, -0.2) is 0 Å². The first-order valence-corrected chi connectivity index (χ1v) is 7.19. The molecule has 0 aliphatic carbocycles. The van der Waals surface area contributed by atoms with Crippen molar-refractivity contribution in [1.29, 1.82) is 0 Å². The second-order valence-electron chi connectivity index (χ2n) is 5.80. The van der Waals surface area contributed by atoms with Gasteiger partial charge in [-0.1, -0.05) is 6.92 Å². The van der Waals surface area contributed by atoms with Gasteiger partial charge < -0.3 is 15.7 Å². The van der Waals surface area contributed by atoms with E-state index in [2.05, 4.69) is 10.6 Å². The summed E-state index contributed by atoms with van der Waals surface area (Å²) < 4.78 is 0. The van der Waals surface area contributed by atoms with Crippen LogP contribution in [-0.4, -0.2) is 35.6 Å². The highest BCUT2D eigenvalue weighted by Crippen LogP contribution is 2.18. The van der Waals surface area contributed by atoms with Gasteiger partial charge in [0.05, 0.1) is 5.54 Å². The van der Waals surface area contributed by atoms with Crippen molar-refractivity contribution in [2.75, 3.05) is 13.1 Å². The molecule has 110 valence electrons. The van der Waals surface area contributed by atoms with Gasteiger partial charge in [0.25, 0.3) is 0 Å². The smallest absolute Gasteiger partial charge is 0.303 e. The molecule has 2 unspecified atom stereocenters. The van der Waals surface area contributed by atoms with Crippen molar-refractivity contribution in [2.24, 2.45) is 5.92 Å². The van der Waals surface area contributed by atoms with Crippen molar-refractivity contribution in [3.05, 3.63) is 0 Å². The summed E-state index contributed by atoms with van der Waals surface area (Å²) in [5.74, 6) is -0.365. The van der Waals surface area contributed by atoms with Gasteiger partial charge in [-0.15, -0.1) is 0 Å². The van der Waals surface area contributed by atoms with Crippen molar-refractivity contribution in [1.82, 2.24) is 10.6 Å². The number of hydrogen-bond donors (Lipinski definition) is 3. The van der Waals surface area contributed by atoms with Gasteiger partial charge in [-0.05, 0) is 51.5 Å². The largest absolute Gasteiger partial charge is 0.481 e. The maximum Gasteiger partial charge on any atom is 0.303 e. The second kappa shape index (κ2) is 7.48. The van der Waals surface area contributed by atoms with Crippen molar-refractivity contribution in [3.8, 4) is 0 Å². The molecule has 3 N–H and O–H groups in total. The Hall–Kier alpha value is -1.10. The molecule has 5 nitrogen and oxygen atoms in total. The SMILES string of the molecule is CC(CCNC(=O)C1(C)CCCCN1)CCC(=O)O. The molecule has 0 radical (unpaired) electrons. The molecule has 0 saturated carbocycles. The van der Waals surface area contributed by atoms with E-state index in [0.717, 1.165) is 32.2 Å². The summed E-state index contributed by atoms with van der Waals surface area (Å²) in [5.41, 5.74) is -0.428. The minimum Gasteiger partial charge on any atom is -0.481 e. The zero-order valence-electron chi connectivity index (χ0n) is 12.0. The van der Waals surface area contributed by atoms with Crippen LogP contribution in [-0.2, 0) is 9.59 Å². The average molecular weight is 270 g/mol. The number of rotatable bonds is 7. The quantitative estimate of drug-likeness (QED) is 0.655. The number of nitrogens with one attached hydrogen (secondary N) is 2. The van der Waals surface area contributed by atoms with E-state index in [1.807, 2.05) is 13.8 Å². The monoisotopic (exact) mass is 270 g/mol. The molecule has 5 heteroatoms. The molecule has 0 aromatic carbocycles. The molecule has 1 amide bonds. The van der Waals surface area contributed by atoms with Gasteiger partial charge in [0.2, 0.25) is 5.91 Å². The van der Waals surface area contributed by atoms with Gasteiger partial charge in [-0.3, -0.25) is 9.59 Å². The fourth-order valence-electron chi connectivity index (χ4n) is 2.39. The molecule has 19 heavy (non-hydrogen) atoms. The third-order valence-electron chi connectivity index (χ3n) is 3.89. The van der Waals surface area contributed by atoms with Crippen molar-refractivity contribution in [2.45, 2.75) is 57.9 Å². The molecule has 0 spiro atoms. The number of piperidine rings is 1. The molecular weight excluding hydrogens is 244 g/mol. The zero-order valence-corrected chi connectivity index (χ0v) is 12.0. The Morgan fingerprint density at radius 1 is 1.37 bits per heavy atom. The summed E-state index contributed by atoms with van der Waals surface area (Å²) in [5, 5.41) is 14.8. The highest BCUT2D eigenvalue weighted by Gasteiger charge is 2.33. The first-order chi connectivity index (χ1) is 8.94. The summed E-state index contributed by atoms with van der Waals surface area (Å²) in [4.78, 5) is 22.6. The highest BCUT2D eigenvalue weighted by molar-refractivity contribution is 5.85. The van der Waals surface area contributed by atoms with Crippen LogP contribution < -0.4 is 10.6 Å². The lowest BCUT2D eigenvalue weighted by molar-refractivity contribution is -0.137. The van der Waals surface area contributed by atoms with Gasteiger partial charge in [0.1, 0.15) is 0 Å². The first kappa shape index (κ1) is 16.0. The third-order valence-corrected chi connectivity index (χ3v) is 3.89. The lowest BCUT2D eigenvalue weighted by Crippen LogP contribution is -2.57. The highest BCUT2D eigenvalue weighted by atomic mass is 16.4. The molecule has 1 aliphatic rings. The Labute approximate surface area is 115 Å². The fraction of sp³-hybridized carbons (Fsp3) is 0.857. The van der Waals surface area contributed by atoms with E-state index < -0.39 is 11.5 Å². The van der Waals surface area contributed by atoms with Crippen LogP contribution in [0, 0.1) is 5.92 Å². The molecule has 1 saturated heterocycles. The number of carbonyl (C=O) groups excluding carboxylic acids is 1. The molecule has 0 aromatic heterocycles. The Balaban J connectivity index is 2.21. The molecule has 0 bridgehead atoms. The third kappa shape index (κ3) is 5.59. The Bertz CT molecular complexity index is 312. The molecule has 1 heterocycles. The van der Waals surface area contributed by atoms with E-state index in [0.29, 0.717) is 18.9 Å². The van der Waals surface area contributed by atoms with Gasteiger partial charge in [0.15, 0.2) is 0 Å². The van der Waals surface area contributed by atoms with E-state index in [9.17, 15) is 9.59 Å². The number of amides is 1. The van der Waals surface area contributed by atoms with Crippen molar-refractivity contribution < 1.29 is 14.7 Å². The van der Waals surface area contributed by atoms with Crippen LogP contribution in [0.3, 0.4) is 0 Å². The summed E-state index contributed by atoms with van der Waals surface area (Å²) in [6.45, 7) is 5.50. The summed E-state index contributed by atoms with van der Waals surface area (Å²) in [6, 6.07) is 0. The molecule has 1 rings (SSSR count). The molecule has 2 atom stereocenters. The van der Waals surface area contributed by atoms with Gasteiger partial charge in [0, 0.05) is 13.0 Å². The van der Waals surface area contributed by atoms with E-state index in [1.54, 1.807) is 0 Å². The number of carboxylic acids is 1. The van der Waals surface area contributed by atoms with Crippen LogP contribution in [0.4, 0.5) is 0 Å². The molecule has 0 aromatic rings. The molecule has 1 aliphatic heterocycles. The Morgan fingerprint density at radius 2 is 2.11 bits per heavy atom. The maximum absolute atomic E-state index is 12.1. The molecular formula is C14H26N2O3. The van der Waals surface area contributed by atoms with Crippen LogP contribution >= 0.6 is 0 Å². The number of aliphatic carboxylic acids is 1. The number of hydrogen-bond acceptors (Lipinski definition) is 3. The summed E-state index contributed by atoms with van der Waals surface area (Å²) in [7, 11) is 0. The summed E-state index contributed by atoms with van der Waals surface area (Å²) in [6.07, 6.45) is 4.80. The fourth-order valence-corrected chi connectivity index (χ4v) is 2.39. The van der Waals surface area contributed by atoms with Crippen LogP contribution in [0.2, 0.25) is 0 Å². The Kier molecular flexibility index (Phi) is 6.28. The predicted molar refractivity (Wildman–Crippen MR) is 73.9 cm³/mol. The minimum atomic E-state index is -0.755. The van der Waals surface area contributed by atoms with Crippen LogP contribution in [0.1, 0.15) is 52.4 Å². The standard InChI is InChI=1S/C14H26N2O3/c1-11(5-6-12(17)18)7-10-15-13(19)14(2)8-3-4-9-16-14/h11,16H,3-10H2,1-2H3,(H,15,19)(H,17,18).